The van der Waals surface area contributed by atoms with Crippen LogP contribution >= 0.6 is 12.2 Å². The van der Waals surface area contributed by atoms with Gasteiger partial charge in [0.2, 0.25) is 0 Å². The quantitative estimate of drug-likeness (QED) is 0.520. The van der Waals surface area contributed by atoms with Crippen LogP contribution in [0.3, 0.4) is 0 Å². The molecule has 4 atom stereocenters. The Hall–Kier alpha value is -0.0451. The van der Waals surface area contributed by atoms with Gasteiger partial charge in [-0.2, -0.15) is 0 Å². The molecule has 4 rings (SSSR count). The van der Waals surface area contributed by atoms with Crippen molar-refractivity contribution in [3.63, 3.8) is 0 Å². The fourth-order valence-electron chi connectivity index (χ4n) is 4.68. The lowest BCUT2D eigenvalue weighted by Crippen LogP contribution is -2.41. The molecule has 1 radical (unpaired) electrons. The monoisotopic (exact) mass is 262 g/mol. The molecular weight excluding hydrogens is 237 g/mol. The number of thiocarbonyl (C=S) groups is 1. The summed E-state index contributed by atoms with van der Waals surface area (Å²) in [4.78, 5) is 3.62. The van der Waals surface area contributed by atoms with Crippen LogP contribution in [0, 0.1) is 11.8 Å². The lowest BCUT2D eigenvalue weighted by molar-refractivity contribution is 0.279. The Kier molecular flexibility index (Phi) is 3.24. The van der Waals surface area contributed by atoms with Crippen molar-refractivity contribution in [1.82, 2.24) is 4.90 Å². The molecule has 1 nitrogen and oxygen atoms in total. The predicted octanol–water partition coefficient (Wildman–Crippen LogP) is 3.92. The van der Waals surface area contributed by atoms with Gasteiger partial charge >= 0.3 is 0 Å². The first-order valence-electron chi connectivity index (χ1n) is 7.63. The van der Waals surface area contributed by atoms with E-state index in [1.165, 1.54) is 43.5 Å². The van der Waals surface area contributed by atoms with Crippen LogP contribution in [0.25, 0.3) is 0 Å². The summed E-state index contributed by atoms with van der Waals surface area (Å²) in [6.45, 7) is 4.82. The van der Waals surface area contributed by atoms with Crippen LogP contribution in [-0.2, 0) is 0 Å². The summed E-state index contributed by atoms with van der Waals surface area (Å²) in [5, 5.41) is 0.586. The largest absolute Gasteiger partial charge is 0.366 e. The molecule has 18 heavy (non-hydrogen) atoms. The van der Waals surface area contributed by atoms with Crippen LogP contribution in [0.1, 0.15) is 52.4 Å². The van der Waals surface area contributed by atoms with E-state index in [2.05, 4.69) is 33.1 Å². The zero-order valence-corrected chi connectivity index (χ0v) is 12.8. The summed E-state index contributed by atoms with van der Waals surface area (Å²) in [5.74, 6) is 2.55. The summed E-state index contributed by atoms with van der Waals surface area (Å²) < 4.78 is 0. The van der Waals surface area contributed by atoms with E-state index in [1.54, 1.807) is 0 Å². The van der Waals surface area contributed by atoms with Crippen LogP contribution in [0.2, 0.25) is 11.1 Å². The standard InChI is InChI=1S/C15H25BNS/c1-10(2)15-6-4-5-13-11(7-12(9-15)16-15)8-14(18)17(13)3/h10-13H,4-9H2,1-3H3. The van der Waals surface area contributed by atoms with Gasteiger partial charge in [0.15, 0.2) is 0 Å². The first-order chi connectivity index (χ1) is 8.52. The van der Waals surface area contributed by atoms with Crippen LogP contribution in [0.5, 0.6) is 0 Å². The second-order valence-corrected chi connectivity index (χ2v) is 7.65. The number of nitrogens with zero attached hydrogens (tertiary/aromatic N) is 1. The molecule has 0 amide bonds. The lowest BCUT2D eigenvalue weighted by atomic mass is 9.27. The average Bonchev–Trinajstić information content (AvgIpc) is 2.58. The molecule has 0 aromatic rings. The van der Waals surface area contributed by atoms with Crippen LogP contribution in [0.15, 0.2) is 0 Å². The molecule has 1 saturated carbocycles. The van der Waals surface area contributed by atoms with Gasteiger partial charge in [-0.25, -0.2) is 0 Å². The van der Waals surface area contributed by atoms with Crippen molar-refractivity contribution in [2.24, 2.45) is 11.8 Å². The SMILES string of the molecule is CC(C)C12[B]C(CC3CC(=S)N(C)C3CCC1)C2. The molecule has 0 spiro atoms. The van der Waals surface area contributed by atoms with Crippen molar-refractivity contribution in [2.75, 3.05) is 7.05 Å². The zero-order chi connectivity index (χ0) is 12.9. The van der Waals surface area contributed by atoms with Crippen molar-refractivity contribution in [3.8, 4) is 0 Å². The minimum Gasteiger partial charge on any atom is -0.366 e. The molecule has 0 aromatic heterocycles. The second kappa shape index (κ2) is 4.50. The Morgan fingerprint density at radius 3 is 2.83 bits per heavy atom. The molecule has 1 aliphatic carbocycles. The lowest BCUT2D eigenvalue weighted by Gasteiger charge is -2.51. The van der Waals surface area contributed by atoms with E-state index < -0.39 is 0 Å². The highest BCUT2D eigenvalue weighted by Gasteiger charge is 2.49. The molecule has 3 saturated heterocycles. The van der Waals surface area contributed by atoms with E-state index in [1.807, 2.05) is 0 Å². The van der Waals surface area contributed by atoms with Crippen molar-refractivity contribution in [3.05, 3.63) is 0 Å². The van der Waals surface area contributed by atoms with E-state index >= 15 is 0 Å². The van der Waals surface area contributed by atoms with Gasteiger partial charge in [0.1, 0.15) is 7.28 Å². The third-order valence-corrected chi connectivity index (χ3v) is 6.43. The molecule has 0 aromatic carbocycles. The number of hydrogen-bond donors (Lipinski definition) is 0. The molecule has 2 bridgehead atoms. The van der Waals surface area contributed by atoms with E-state index in [9.17, 15) is 0 Å². The highest BCUT2D eigenvalue weighted by molar-refractivity contribution is 7.80. The average molecular weight is 262 g/mol. The van der Waals surface area contributed by atoms with Gasteiger partial charge in [0.05, 0.1) is 4.99 Å². The van der Waals surface area contributed by atoms with Gasteiger partial charge in [-0.3, -0.25) is 0 Å². The number of rotatable bonds is 1. The minimum absolute atomic E-state index is 0.586. The van der Waals surface area contributed by atoms with Crippen molar-refractivity contribution < 1.29 is 0 Å². The Balaban J connectivity index is 1.74. The number of fused-ring (bicyclic) bond motifs is 2. The summed E-state index contributed by atoms with van der Waals surface area (Å²) in [5.41, 5.74) is 0. The number of likely N-dealkylation sites (tertiary alicyclic amines) is 1. The fraction of sp³-hybridized carbons (Fsp3) is 0.933. The minimum atomic E-state index is 0.586. The van der Waals surface area contributed by atoms with Crippen molar-refractivity contribution >= 4 is 24.5 Å². The van der Waals surface area contributed by atoms with E-state index in [0.29, 0.717) is 5.31 Å². The fourth-order valence-corrected chi connectivity index (χ4v) is 5.03. The van der Waals surface area contributed by atoms with Gasteiger partial charge in [-0.1, -0.05) is 62.9 Å². The molecular formula is C15H25BNS. The third kappa shape index (κ3) is 1.93. The first-order valence-corrected chi connectivity index (χ1v) is 8.04. The molecule has 4 unspecified atom stereocenters. The number of hydrogen-bond acceptors (Lipinski definition) is 1. The molecule has 4 aliphatic rings. The van der Waals surface area contributed by atoms with Crippen molar-refractivity contribution in [2.45, 2.75) is 69.5 Å². The smallest absolute Gasteiger partial charge is 0.122 e. The van der Waals surface area contributed by atoms with Crippen LogP contribution < -0.4 is 0 Å². The van der Waals surface area contributed by atoms with Gasteiger partial charge in [0.25, 0.3) is 0 Å². The van der Waals surface area contributed by atoms with E-state index in [-0.39, 0.29) is 0 Å². The molecule has 3 heteroatoms. The molecule has 0 N–H and O–H groups in total. The van der Waals surface area contributed by atoms with Gasteiger partial charge in [-0.05, 0) is 18.3 Å². The first kappa shape index (κ1) is 13.0. The van der Waals surface area contributed by atoms with Crippen LogP contribution in [-0.4, -0.2) is 30.3 Å². The Morgan fingerprint density at radius 1 is 1.44 bits per heavy atom. The summed E-state index contributed by atoms with van der Waals surface area (Å²) in [7, 11) is 4.93. The Labute approximate surface area is 118 Å². The van der Waals surface area contributed by atoms with E-state index in [0.717, 1.165) is 23.7 Å². The Morgan fingerprint density at radius 2 is 2.17 bits per heavy atom. The second-order valence-electron chi connectivity index (χ2n) is 7.18. The van der Waals surface area contributed by atoms with Gasteiger partial charge < -0.3 is 4.90 Å². The topological polar surface area (TPSA) is 3.24 Å². The van der Waals surface area contributed by atoms with E-state index in [4.69, 9.17) is 12.2 Å². The highest BCUT2D eigenvalue weighted by atomic mass is 32.1. The van der Waals surface area contributed by atoms with Gasteiger partial charge in [-0.15, -0.1) is 0 Å². The summed E-state index contributed by atoms with van der Waals surface area (Å²) >= 11 is 5.51. The normalized spacial score (nSPS) is 43.7. The van der Waals surface area contributed by atoms with Crippen molar-refractivity contribution in [1.29, 1.82) is 0 Å². The highest BCUT2D eigenvalue weighted by Crippen LogP contribution is 2.60. The molecule has 99 valence electrons. The summed E-state index contributed by atoms with van der Waals surface area (Å²) in [6, 6.07) is 0.745. The molecule has 4 fully saturated rings. The predicted molar refractivity (Wildman–Crippen MR) is 82.4 cm³/mol. The third-order valence-electron chi connectivity index (χ3n) is 5.98. The molecule has 3 aliphatic heterocycles. The zero-order valence-electron chi connectivity index (χ0n) is 12.0. The molecule has 3 heterocycles. The summed E-state index contributed by atoms with van der Waals surface area (Å²) in [6.07, 6.45) is 8.17. The maximum absolute atomic E-state index is 5.51. The Bertz CT molecular complexity index is 348. The van der Waals surface area contributed by atoms with Crippen LogP contribution in [0.4, 0.5) is 0 Å². The maximum atomic E-state index is 5.51. The maximum Gasteiger partial charge on any atom is 0.122 e. The van der Waals surface area contributed by atoms with Gasteiger partial charge in [0, 0.05) is 19.5 Å².